The van der Waals surface area contributed by atoms with E-state index in [0.29, 0.717) is 0 Å². The van der Waals surface area contributed by atoms with E-state index in [2.05, 4.69) is 0 Å². The molecule has 0 radical (unpaired) electrons. The predicted molar refractivity (Wildman–Crippen MR) is 347 cm³/mol. The summed E-state index contributed by atoms with van der Waals surface area (Å²) in [6, 6.07) is 62.7. The van der Waals surface area contributed by atoms with E-state index in [1.54, 1.807) is 146 Å². The molecule has 2 N–H and O–H groups in total. The Kier molecular flexibility index (Phi) is 23.1. The van der Waals surface area contributed by atoms with E-state index in [1.165, 1.54) is 97.1 Å². The van der Waals surface area contributed by atoms with E-state index < -0.39 is 173 Å². The lowest BCUT2D eigenvalue weighted by Crippen LogP contribution is -2.45. The second-order valence-electron chi connectivity index (χ2n) is 23.3. The van der Waals surface area contributed by atoms with E-state index in [4.69, 9.17) is 71.1 Å². The van der Waals surface area contributed by atoms with Gasteiger partial charge in [-0.2, -0.15) is 0 Å². The van der Waals surface area contributed by atoms with Crippen LogP contribution in [0, 0.1) is 0 Å². The van der Waals surface area contributed by atoms with E-state index in [9.17, 15) is 48.6 Å². The summed E-state index contributed by atoms with van der Waals surface area (Å²) >= 11 is 0. The molecule has 8 aromatic rings. The van der Waals surface area contributed by atoms with E-state index in [-0.39, 0.29) is 44.5 Å². The molecule has 4 fully saturated rings. The summed E-state index contributed by atoms with van der Waals surface area (Å²) in [7, 11) is 0. The van der Waals surface area contributed by atoms with Crippen LogP contribution < -0.4 is 0 Å². The molecule has 25 nitrogen and oxygen atoms in total. The van der Waals surface area contributed by atoms with Gasteiger partial charge in [0.25, 0.3) is 0 Å². The highest BCUT2D eigenvalue weighted by molar-refractivity contribution is 5.93. The normalized spacial score (nSPS) is 25.8. The minimum absolute atomic E-state index is 0.0522. The highest BCUT2D eigenvalue weighted by Gasteiger charge is 2.57. The number of hydrogen-bond acceptors (Lipinski definition) is 25. The first kappa shape index (κ1) is 70.0. The molecular weight excluding hydrogens is 1310 g/mol. The number of carbonyl (C=O) groups excluding carboxylic acids is 8. The van der Waals surface area contributed by atoms with Gasteiger partial charge in [0.15, 0.2) is 67.9 Å². The Bertz CT molecular complexity index is 4090. The summed E-state index contributed by atoms with van der Waals surface area (Å²) < 4.78 is 92.1. The third kappa shape index (κ3) is 17.4. The quantitative estimate of drug-likeness (QED) is 0.0387. The lowest BCUT2D eigenvalue weighted by Gasteiger charge is -2.26. The zero-order chi connectivity index (χ0) is 70.2. The molecule has 25 heteroatoms. The van der Waals surface area contributed by atoms with Crippen LogP contribution >= 0.6 is 0 Å². The molecule has 0 aromatic heterocycles. The first-order valence-corrected chi connectivity index (χ1v) is 32.1. The zero-order valence-electron chi connectivity index (χ0n) is 53.4. The monoisotopic (exact) mass is 1380 g/mol. The van der Waals surface area contributed by atoms with Gasteiger partial charge in [0.05, 0.1) is 64.3 Å². The van der Waals surface area contributed by atoms with Crippen molar-refractivity contribution in [1.82, 2.24) is 0 Å². The fraction of sp³-hybridized carbons (Fsp3) is 0.263. The van der Waals surface area contributed by atoms with Gasteiger partial charge in [-0.25, -0.2) is 38.4 Å². The van der Waals surface area contributed by atoms with Crippen LogP contribution in [-0.4, -0.2) is 183 Å². The molecule has 101 heavy (non-hydrogen) atoms. The molecule has 4 saturated heterocycles. The van der Waals surface area contributed by atoms with Crippen molar-refractivity contribution in [3.63, 3.8) is 0 Å². The molecular formula is C76H66O25. The van der Waals surface area contributed by atoms with Crippen molar-refractivity contribution in [2.75, 3.05) is 26.4 Å². The Hall–Kier alpha value is -10.8. The molecule has 0 saturated carbocycles. The maximum absolute atomic E-state index is 14.3. The van der Waals surface area contributed by atoms with Crippen LogP contribution in [0.5, 0.6) is 0 Å². The molecule has 12 rings (SSSR count). The first-order chi connectivity index (χ1) is 49.2. The lowest BCUT2D eigenvalue weighted by molar-refractivity contribution is -0.223. The molecule has 0 bridgehead atoms. The molecule has 0 amide bonds. The van der Waals surface area contributed by atoms with Gasteiger partial charge in [-0.1, -0.05) is 146 Å². The standard InChI is InChI=1S/C76H66O25/c77-57-53(41-88-75-63(100-71(84)51-37-21-7-22-38-51)59(96-67(80)47-29-13-3-14-30-47)55(93-75)42-87-65(78)45-25-9-1-10-26-45)92-74(61(57)98-69(82)49-33-17-5-18-34-49)89-44-56-60(97-68(81)48-31-15-4-16-32-48)64(101-72(85)52-39-23-8-24-40-52)76(94-56)90-43-54-58(95-66(79)46-27-11-2-12-28-46)62(73(86)91-54)99-70(83)50-35-19-6-20-36-50/h1-40,53-64,73-77,86H,41-44H2/t53-,54-,55-,56-,57-,58-,59-,60-,61+,62+,63+,64+,73+,74+,75+,76+/m1/s1. The fourth-order valence-electron chi connectivity index (χ4n) is 11.4. The summed E-state index contributed by atoms with van der Waals surface area (Å²) in [6.45, 7) is -2.60. The second-order valence-corrected chi connectivity index (χ2v) is 23.3. The van der Waals surface area contributed by atoms with Crippen molar-refractivity contribution in [2.24, 2.45) is 0 Å². The Balaban J connectivity index is 0.831. The van der Waals surface area contributed by atoms with Crippen molar-refractivity contribution >= 4 is 47.8 Å². The number of esters is 8. The summed E-state index contributed by atoms with van der Waals surface area (Å²) in [5.74, 6) is -7.11. The summed E-state index contributed by atoms with van der Waals surface area (Å²) in [4.78, 5) is 111. The average molecular weight is 1380 g/mol. The number of hydrogen-bond donors (Lipinski definition) is 2. The van der Waals surface area contributed by atoms with Crippen LogP contribution in [-0.2, 0) is 71.1 Å². The largest absolute Gasteiger partial charge is 0.459 e. The van der Waals surface area contributed by atoms with Gasteiger partial charge in [0.1, 0.15) is 37.1 Å². The maximum atomic E-state index is 14.3. The average Bonchev–Trinajstić information content (AvgIpc) is 1.66. The topological polar surface area (TPSA) is 315 Å². The van der Waals surface area contributed by atoms with Crippen LogP contribution in [0.1, 0.15) is 82.9 Å². The van der Waals surface area contributed by atoms with Gasteiger partial charge in [-0.05, 0) is 97.1 Å². The lowest BCUT2D eigenvalue weighted by atomic mass is 10.1. The fourth-order valence-corrected chi connectivity index (χ4v) is 11.4. The minimum atomic E-state index is -1.90. The van der Waals surface area contributed by atoms with Crippen LogP contribution in [0.2, 0.25) is 0 Å². The van der Waals surface area contributed by atoms with Crippen molar-refractivity contribution in [3.8, 4) is 0 Å². The smallest absolute Gasteiger partial charge is 0.338 e. The third-order valence-electron chi connectivity index (χ3n) is 16.5. The van der Waals surface area contributed by atoms with Crippen molar-refractivity contribution in [3.05, 3.63) is 287 Å². The van der Waals surface area contributed by atoms with Gasteiger partial charge >= 0.3 is 47.8 Å². The zero-order valence-corrected chi connectivity index (χ0v) is 53.4. The Morgan fingerprint density at radius 1 is 0.248 bits per heavy atom. The molecule has 4 aliphatic heterocycles. The Morgan fingerprint density at radius 2 is 0.465 bits per heavy atom. The maximum Gasteiger partial charge on any atom is 0.338 e. The summed E-state index contributed by atoms with van der Waals surface area (Å²) in [5.41, 5.74) is 0.752. The van der Waals surface area contributed by atoms with E-state index in [1.807, 2.05) is 0 Å². The highest BCUT2D eigenvalue weighted by Crippen LogP contribution is 2.37. The van der Waals surface area contributed by atoms with Crippen LogP contribution in [0.3, 0.4) is 0 Å². The Morgan fingerprint density at radius 3 is 0.782 bits per heavy atom. The number of benzene rings is 8. The Labute approximate surface area is 577 Å². The van der Waals surface area contributed by atoms with Gasteiger partial charge in [0, 0.05) is 0 Å². The SMILES string of the molecule is O=C(OC[C@H]1O[C@H](OC[C@H]2O[C@H](OC[C@H]3O[C@H](OC[C@H]4O[C@H](O)[C@@H](OC(=O)c5ccccc5)[C@@H]4OC(=O)c4ccccc4)[C@@H](OC(=O)c4ccccc4)[C@@H]3OC(=O)c3ccccc3)[C@@H](OC(=O)c3ccccc3)[C@@H]2O)[C@@H](OC(=O)c2ccccc2)[C@@H]1OC(=O)c1ccccc1)c1ccccc1. The number of rotatable bonds is 26. The van der Waals surface area contributed by atoms with Gasteiger partial charge in [-0.15, -0.1) is 0 Å². The molecule has 0 aliphatic carbocycles. The predicted octanol–water partition coefficient (Wildman–Crippen LogP) is 7.73. The highest BCUT2D eigenvalue weighted by atomic mass is 16.8. The summed E-state index contributed by atoms with van der Waals surface area (Å²) in [5, 5.41) is 23.7. The van der Waals surface area contributed by atoms with Gasteiger partial charge < -0.3 is 81.3 Å². The molecule has 16 atom stereocenters. The molecule has 8 aromatic carbocycles. The third-order valence-corrected chi connectivity index (χ3v) is 16.5. The molecule has 0 unspecified atom stereocenters. The second kappa shape index (κ2) is 33.3. The van der Waals surface area contributed by atoms with Gasteiger partial charge in [-0.3, -0.25) is 0 Å². The van der Waals surface area contributed by atoms with Crippen molar-refractivity contribution < 1.29 is 120 Å². The van der Waals surface area contributed by atoms with E-state index in [0.717, 1.165) is 0 Å². The van der Waals surface area contributed by atoms with Crippen LogP contribution in [0.25, 0.3) is 0 Å². The molecule has 520 valence electrons. The number of aliphatic hydroxyl groups is 2. The van der Waals surface area contributed by atoms with E-state index >= 15 is 0 Å². The van der Waals surface area contributed by atoms with Crippen molar-refractivity contribution in [2.45, 2.75) is 98.4 Å². The molecule has 4 heterocycles. The molecule has 0 spiro atoms. The van der Waals surface area contributed by atoms with Crippen LogP contribution in [0.4, 0.5) is 0 Å². The van der Waals surface area contributed by atoms with Crippen LogP contribution in [0.15, 0.2) is 243 Å². The molecule has 4 aliphatic rings. The number of ether oxygens (including phenoxy) is 15. The summed E-state index contributed by atoms with van der Waals surface area (Å²) in [6.07, 6.45) is -26.2. The van der Waals surface area contributed by atoms with Crippen molar-refractivity contribution in [1.29, 1.82) is 0 Å². The minimum Gasteiger partial charge on any atom is -0.459 e. The van der Waals surface area contributed by atoms with Gasteiger partial charge in [0.2, 0.25) is 0 Å². The number of carbonyl (C=O) groups is 8. The number of aliphatic hydroxyl groups excluding tert-OH is 2. The first-order valence-electron chi connectivity index (χ1n) is 32.1.